The zero-order valence-electron chi connectivity index (χ0n) is 15.9. The van der Waals surface area contributed by atoms with Crippen LogP contribution in [0.2, 0.25) is 0 Å². The lowest BCUT2D eigenvalue weighted by molar-refractivity contribution is -0.384. The van der Waals surface area contributed by atoms with Gasteiger partial charge in [-0.05, 0) is 12.1 Å². The van der Waals surface area contributed by atoms with Gasteiger partial charge in [0.05, 0.1) is 11.5 Å². The lowest BCUT2D eigenvalue weighted by atomic mass is 9.96. The van der Waals surface area contributed by atoms with Gasteiger partial charge in [0.15, 0.2) is 6.29 Å². The predicted octanol–water partition coefficient (Wildman–Crippen LogP) is 1.41. The van der Waals surface area contributed by atoms with Gasteiger partial charge in [0.25, 0.3) is 5.69 Å². The molecule has 12 heteroatoms. The molecule has 6 atom stereocenters. The summed E-state index contributed by atoms with van der Waals surface area (Å²) in [6.45, 7) is 0.136. The van der Waals surface area contributed by atoms with E-state index in [4.69, 9.17) is 23.1 Å². The fourth-order valence-electron chi connectivity index (χ4n) is 3.81. The van der Waals surface area contributed by atoms with Crippen molar-refractivity contribution in [3.63, 3.8) is 0 Å². The van der Waals surface area contributed by atoms with E-state index in [1.165, 1.54) is 24.3 Å². The molecule has 5 rings (SSSR count). The number of ether oxygens (including phenoxy) is 4. The Labute approximate surface area is 177 Å². The van der Waals surface area contributed by atoms with Gasteiger partial charge in [0.1, 0.15) is 30.1 Å². The van der Waals surface area contributed by atoms with Gasteiger partial charge in [0.2, 0.25) is 6.29 Å². The van der Waals surface area contributed by atoms with Crippen molar-refractivity contribution >= 4 is 16.0 Å². The molecule has 0 unspecified atom stereocenters. The molecule has 2 aromatic rings. The quantitative estimate of drug-likeness (QED) is 0.542. The van der Waals surface area contributed by atoms with E-state index in [1.54, 1.807) is 0 Å². The molecule has 0 aliphatic carbocycles. The summed E-state index contributed by atoms with van der Waals surface area (Å²) in [4.78, 5) is 10.3. The molecule has 0 spiro atoms. The minimum Gasteiger partial charge on any atom is -0.463 e. The van der Waals surface area contributed by atoms with Gasteiger partial charge in [-0.2, -0.15) is 13.1 Å². The molecular weight excluding hydrogens is 432 g/mol. The minimum absolute atomic E-state index is 0.0965. The number of hydrogen-bond acceptors (Lipinski definition) is 9. The zero-order chi connectivity index (χ0) is 21.6. The lowest BCUT2D eigenvalue weighted by Crippen LogP contribution is -2.63. The molecule has 1 N–H and O–H groups in total. The second kappa shape index (κ2) is 7.82. The Hall–Kier alpha value is -2.61. The zero-order valence-corrected chi connectivity index (χ0v) is 16.7. The summed E-state index contributed by atoms with van der Waals surface area (Å²) < 4.78 is 55.4. The smallest absolute Gasteiger partial charge is 0.336 e. The summed E-state index contributed by atoms with van der Waals surface area (Å²) in [6.07, 6.45) is -4.00. The maximum absolute atomic E-state index is 12.1. The highest BCUT2D eigenvalue weighted by Gasteiger charge is 2.57. The normalized spacial score (nSPS) is 33.8. The highest BCUT2D eigenvalue weighted by atomic mass is 32.2. The van der Waals surface area contributed by atoms with Crippen LogP contribution in [0.3, 0.4) is 0 Å². The topological polar surface area (TPSA) is 135 Å². The molecule has 3 fully saturated rings. The van der Waals surface area contributed by atoms with Gasteiger partial charge >= 0.3 is 10.3 Å². The Balaban J connectivity index is 1.37. The van der Waals surface area contributed by atoms with Gasteiger partial charge in [-0.15, -0.1) is 0 Å². The van der Waals surface area contributed by atoms with Crippen molar-refractivity contribution < 1.29 is 36.5 Å². The number of benzene rings is 2. The standard InChI is InChI=1S/C19H18N2O9S/c22-21(23)12-6-8-13(9-7-12)27-19-15-17(30-31(24,25)20-15)16-14(28-19)10-26-18(29-16)11-4-2-1-3-5-11/h1-9,14-20H,10H2/t14-,15-,16-,17+,18-,19-/m1/s1. The van der Waals surface area contributed by atoms with Gasteiger partial charge in [-0.1, -0.05) is 30.3 Å². The summed E-state index contributed by atoms with van der Waals surface area (Å²) in [5, 5.41) is 10.8. The first kappa shape index (κ1) is 20.3. The molecular formula is C19H18N2O9S. The first-order valence-electron chi connectivity index (χ1n) is 9.49. The van der Waals surface area contributed by atoms with E-state index in [-0.39, 0.29) is 18.0 Å². The third-order valence-corrected chi connectivity index (χ3v) is 6.27. The van der Waals surface area contributed by atoms with E-state index in [0.29, 0.717) is 0 Å². The molecule has 3 saturated heterocycles. The van der Waals surface area contributed by atoms with Crippen molar-refractivity contribution in [2.45, 2.75) is 36.9 Å². The molecule has 0 saturated carbocycles. The first-order valence-corrected chi connectivity index (χ1v) is 10.9. The van der Waals surface area contributed by atoms with Crippen LogP contribution in [0.5, 0.6) is 5.75 Å². The summed E-state index contributed by atoms with van der Waals surface area (Å²) in [5.41, 5.74) is 0.691. The van der Waals surface area contributed by atoms with E-state index in [9.17, 15) is 18.5 Å². The third-order valence-electron chi connectivity index (χ3n) is 5.23. The molecule has 3 heterocycles. The van der Waals surface area contributed by atoms with Gasteiger partial charge in [-0.3, -0.25) is 10.1 Å². The van der Waals surface area contributed by atoms with Crippen molar-refractivity contribution in [3.8, 4) is 5.75 Å². The molecule has 0 amide bonds. The number of rotatable bonds is 4. The monoisotopic (exact) mass is 450 g/mol. The Kier molecular flexibility index (Phi) is 5.12. The molecule has 2 aromatic carbocycles. The van der Waals surface area contributed by atoms with Gasteiger partial charge in [0, 0.05) is 17.7 Å². The lowest BCUT2D eigenvalue weighted by Gasteiger charge is -2.45. The third kappa shape index (κ3) is 4.01. The van der Waals surface area contributed by atoms with Crippen molar-refractivity contribution in [3.05, 3.63) is 70.3 Å². The summed E-state index contributed by atoms with van der Waals surface area (Å²) in [5.74, 6) is 0.277. The van der Waals surface area contributed by atoms with E-state index in [1.807, 2.05) is 30.3 Å². The molecule has 0 radical (unpaired) electrons. The van der Waals surface area contributed by atoms with Gasteiger partial charge in [-0.25, -0.2) is 4.18 Å². The average Bonchev–Trinajstić information content (AvgIpc) is 3.10. The van der Waals surface area contributed by atoms with Crippen LogP contribution in [-0.2, 0) is 28.7 Å². The number of hydrogen-bond donors (Lipinski definition) is 1. The number of nitro benzene ring substituents is 1. The average molecular weight is 450 g/mol. The van der Waals surface area contributed by atoms with Crippen LogP contribution in [-0.4, -0.2) is 50.6 Å². The van der Waals surface area contributed by atoms with Crippen LogP contribution in [0, 0.1) is 10.1 Å². The SMILES string of the molecule is O=[N+]([O-])c1ccc(O[C@@H]2O[C@@H]3CO[C@@H](c4ccccc4)O[C@H]3[C@H]3OS(=O)(=O)N[C@@H]23)cc1. The number of nitro groups is 1. The molecule has 31 heavy (non-hydrogen) atoms. The van der Waals surface area contributed by atoms with Crippen molar-refractivity contribution in [2.75, 3.05) is 6.61 Å². The summed E-state index contributed by atoms with van der Waals surface area (Å²) in [6, 6.07) is 13.8. The van der Waals surface area contributed by atoms with Crippen molar-refractivity contribution in [2.24, 2.45) is 0 Å². The largest absolute Gasteiger partial charge is 0.463 e. The molecule has 11 nitrogen and oxygen atoms in total. The maximum Gasteiger partial charge on any atom is 0.336 e. The van der Waals surface area contributed by atoms with Gasteiger partial charge < -0.3 is 18.9 Å². The molecule has 0 bridgehead atoms. The highest BCUT2D eigenvalue weighted by Crippen LogP contribution is 2.38. The number of non-ortho nitro benzene ring substituents is 1. The number of nitrogens with zero attached hydrogens (tertiary/aromatic N) is 1. The Morgan fingerprint density at radius 3 is 2.48 bits per heavy atom. The molecule has 3 aliphatic rings. The van der Waals surface area contributed by atoms with Crippen LogP contribution >= 0.6 is 0 Å². The Morgan fingerprint density at radius 1 is 1.03 bits per heavy atom. The maximum atomic E-state index is 12.1. The van der Waals surface area contributed by atoms with Crippen LogP contribution < -0.4 is 9.46 Å². The fourth-order valence-corrected chi connectivity index (χ4v) is 4.97. The molecule has 3 aliphatic heterocycles. The Bertz CT molecular complexity index is 1060. The van der Waals surface area contributed by atoms with Crippen LogP contribution in [0.25, 0.3) is 0 Å². The van der Waals surface area contributed by atoms with E-state index < -0.39 is 52.2 Å². The highest BCUT2D eigenvalue weighted by molar-refractivity contribution is 7.85. The second-order valence-corrected chi connectivity index (χ2v) is 8.58. The number of fused-ring (bicyclic) bond motifs is 3. The van der Waals surface area contributed by atoms with Crippen LogP contribution in [0.15, 0.2) is 54.6 Å². The van der Waals surface area contributed by atoms with E-state index >= 15 is 0 Å². The summed E-state index contributed by atoms with van der Waals surface area (Å²) in [7, 11) is -4.02. The van der Waals surface area contributed by atoms with E-state index in [0.717, 1.165) is 5.56 Å². The molecule has 164 valence electrons. The van der Waals surface area contributed by atoms with Crippen LogP contribution in [0.1, 0.15) is 11.9 Å². The first-order chi connectivity index (χ1) is 14.9. The van der Waals surface area contributed by atoms with Crippen molar-refractivity contribution in [1.29, 1.82) is 0 Å². The molecule has 0 aromatic heterocycles. The van der Waals surface area contributed by atoms with E-state index in [2.05, 4.69) is 4.72 Å². The fraction of sp³-hybridized carbons (Fsp3) is 0.368. The minimum atomic E-state index is -4.02. The Morgan fingerprint density at radius 2 is 1.77 bits per heavy atom. The number of nitrogens with one attached hydrogen (secondary N) is 1. The van der Waals surface area contributed by atoms with Crippen molar-refractivity contribution in [1.82, 2.24) is 4.72 Å². The second-order valence-electron chi connectivity index (χ2n) is 7.25. The summed E-state index contributed by atoms with van der Waals surface area (Å²) >= 11 is 0. The van der Waals surface area contributed by atoms with Crippen LogP contribution in [0.4, 0.5) is 5.69 Å². The predicted molar refractivity (Wildman–Crippen MR) is 103 cm³/mol.